The van der Waals surface area contributed by atoms with Crippen LogP contribution in [0.5, 0.6) is 0 Å². The minimum Gasteiger partial charge on any atom is -0.394 e. The van der Waals surface area contributed by atoms with Gasteiger partial charge in [-0.25, -0.2) is 0 Å². The van der Waals surface area contributed by atoms with Gasteiger partial charge in [0.1, 0.15) is 0 Å². The second-order valence-electron chi connectivity index (χ2n) is 4.85. The molecule has 0 aliphatic rings. The number of carbonyl (C=O) groups is 1. The average Bonchev–Trinajstić information content (AvgIpc) is 2.32. The van der Waals surface area contributed by atoms with Crippen LogP contribution >= 0.6 is 23.2 Å². The van der Waals surface area contributed by atoms with Gasteiger partial charge >= 0.3 is 0 Å². The van der Waals surface area contributed by atoms with Gasteiger partial charge in [-0.05, 0) is 31.5 Å². The number of aliphatic hydroxyl groups is 1. The molecule has 0 atom stereocenters. The molecule has 0 spiro atoms. The molecule has 100 valence electrons. The van der Waals surface area contributed by atoms with Crippen LogP contribution in [0.4, 0.5) is 0 Å². The second-order valence-corrected chi connectivity index (χ2v) is 5.66. The van der Waals surface area contributed by atoms with Gasteiger partial charge in [0.05, 0.1) is 28.6 Å². The maximum Gasteiger partial charge on any atom is 0.227 e. The lowest BCUT2D eigenvalue weighted by Crippen LogP contribution is -2.48. The van der Waals surface area contributed by atoms with Crippen LogP contribution in [0.25, 0.3) is 0 Å². The lowest BCUT2D eigenvalue weighted by Gasteiger charge is -2.34. The van der Waals surface area contributed by atoms with Crippen LogP contribution in [-0.4, -0.2) is 35.1 Å². The topological polar surface area (TPSA) is 40.5 Å². The number of amides is 1. The molecular weight excluding hydrogens is 273 g/mol. The Morgan fingerprint density at radius 1 is 1.33 bits per heavy atom. The fraction of sp³-hybridized carbons (Fsp3) is 0.462. The summed E-state index contributed by atoms with van der Waals surface area (Å²) in [5, 5.41) is 10.1. The molecule has 0 unspecified atom stereocenters. The van der Waals surface area contributed by atoms with Crippen LogP contribution in [0.15, 0.2) is 18.2 Å². The summed E-state index contributed by atoms with van der Waals surface area (Å²) in [4.78, 5) is 13.6. The maximum atomic E-state index is 12.1. The number of hydrogen-bond donors (Lipinski definition) is 1. The molecule has 1 aromatic rings. The Hall–Kier alpha value is -0.770. The predicted octanol–water partition coefficient (Wildman–Crippen LogP) is 2.77. The molecule has 0 saturated heterocycles. The van der Waals surface area contributed by atoms with Gasteiger partial charge in [0.15, 0.2) is 0 Å². The fourth-order valence-electron chi connectivity index (χ4n) is 1.39. The Labute approximate surface area is 117 Å². The first-order valence-corrected chi connectivity index (χ1v) is 6.35. The van der Waals surface area contributed by atoms with Crippen molar-refractivity contribution in [3.8, 4) is 0 Å². The summed E-state index contributed by atoms with van der Waals surface area (Å²) in [6.45, 7) is 3.52. The van der Waals surface area contributed by atoms with Gasteiger partial charge in [-0.3, -0.25) is 4.79 Å². The van der Waals surface area contributed by atoms with Crippen molar-refractivity contribution in [1.82, 2.24) is 4.90 Å². The van der Waals surface area contributed by atoms with Crippen molar-refractivity contribution in [2.24, 2.45) is 0 Å². The normalized spacial score (nSPS) is 11.4. The molecule has 0 aliphatic heterocycles. The van der Waals surface area contributed by atoms with Crippen LogP contribution < -0.4 is 0 Å². The van der Waals surface area contributed by atoms with Crippen molar-refractivity contribution in [2.45, 2.75) is 25.8 Å². The summed E-state index contributed by atoms with van der Waals surface area (Å²) < 4.78 is 0. The predicted molar refractivity (Wildman–Crippen MR) is 74.1 cm³/mol. The van der Waals surface area contributed by atoms with E-state index in [4.69, 9.17) is 23.2 Å². The number of nitrogens with zero attached hydrogens (tertiary/aromatic N) is 1. The molecule has 3 nitrogen and oxygen atoms in total. The summed E-state index contributed by atoms with van der Waals surface area (Å²) in [6, 6.07) is 5.12. The van der Waals surface area contributed by atoms with Gasteiger partial charge in [-0.2, -0.15) is 0 Å². The zero-order valence-electron chi connectivity index (χ0n) is 10.7. The van der Waals surface area contributed by atoms with Gasteiger partial charge in [-0.1, -0.05) is 29.3 Å². The highest BCUT2D eigenvalue weighted by molar-refractivity contribution is 6.42. The highest BCUT2D eigenvalue weighted by atomic mass is 35.5. The highest BCUT2D eigenvalue weighted by Gasteiger charge is 2.26. The number of rotatable bonds is 4. The largest absolute Gasteiger partial charge is 0.394 e. The van der Waals surface area contributed by atoms with Crippen LogP contribution in [0.3, 0.4) is 0 Å². The summed E-state index contributed by atoms with van der Waals surface area (Å²) in [5.41, 5.74) is 0.225. The summed E-state index contributed by atoms with van der Waals surface area (Å²) >= 11 is 11.7. The number of likely N-dealkylation sites (N-methyl/N-ethyl adjacent to an activating group) is 1. The average molecular weight is 290 g/mol. The molecule has 0 aromatic heterocycles. The molecule has 0 radical (unpaired) electrons. The van der Waals surface area contributed by atoms with E-state index in [9.17, 15) is 9.90 Å². The third-order valence-electron chi connectivity index (χ3n) is 3.01. The van der Waals surface area contributed by atoms with E-state index in [0.29, 0.717) is 10.0 Å². The minimum absolute atomic E-state index is 0.0764. The van der Waals surface area contributed by atoms with Crippen molar-refractivity contribution in [1.29, 1.82) is 0 Å². The van der Waals surface area contributed by atoms with E-state index in [0.717, 1.165) is 5.56 Å². The van der Waals surface area contributed by atoms with E-state index in [-0.39, 0.29) is 18.9 Å². The van der Waals surface area contributed by atoms with Crippen LogP contribution in [0.2, 0.25) is 10.0 Å². The number of halogens is 2. The lowest BCUT2D eigenvalue weighted by molar-refractivity contribution is -0.135. The molecular formula is C13H17Cl2NO2. The Morgan fingerprint density at radius 3 is 2.44 bits per heavy atom. The molecule has 1 aromatic carbocycles. The van der Waals surface area contributed by atoms with Crippen molar-refractivity contribution in [3.63, 3.8) is 0 Å². The first-order chi connectivity index (χ1) is 8.27. The molecule has 1 N–H and O–H groups in total. The zero-order valence-corrected chi connectivity index (χ0v) is 12.2. The van der Waals surface area contributed by atoms with E-state index < -0.39 is 5.54 Å². The smallest absolute Gasteiger partial charge is 0.227 e. The van der Waals surface area contributed by atoms with Crippen molar-refractivity contribution < 1.29 is 9.90 Å². The first-order valence-electron chi connectivity index (χ1n) is 5.59. The highest BCUT2D eigenvalue weighted by Crippen LogP contribution is 2.23. The molecule has 18 heavy (non-hydrogen) atoms. The standard InChI is InChI=1S/C13H17Cl2NO2/c1-13(2,8-17)16(3)12(18)7-9-4-5-10(14)11(15)6-9/h4-6,17H,7-8H2,1-3H3. The third kappa shape index (κ3) is 3.61. The van der Waals surface area contributed by atoms with Crippen molar-refractivity contribution in [3.05, 3.63) is 33.8 Å². The van der Waals surface area contributed by atoms with Gasteiger partial charge in [0.25, 0.3) is 0 Å². The molecule has 0 bridgehead atoms. The Kier molecular flexibility index (Phi) is 5.02. The summed E-state index contributed by atoms with van der Waals surface area (Å²) in [5.74, 6) is -0.0764. The summed E-state index contributed by atoms with van der Waals surface area (Å²) in [7, 11) is 1.68. The molecule has 5 heteroatoms. The summed E-state index contributed by atoms with van der Waals surface area (Å²) in [6.07, 6.45) is 0.233. The van der Waals surface area contributed by atoms with E-state index in [1.54, 1.807) is 39.1 Å². The quantitative estimate of drug-likeness (QED) is 0.926. The second kappa shape index (κ2) is 5.91. The van der Waals surface area contributed by atoms with Crippen molar-refractivity contribution >= 4 is 29.1 Å². The van der Waals surface area contributed by atoms with E-state index in [1.165, 1.54) is 4.90 Å². The van der Waals surface area contributed by atoms with Gasteiger partial charge < -0.3 is 10.0 Å². The van der Waals surface area contributed by atoms with E-state index >= 15 is 0 Å². The third-order valence-corrected chi connectivity index (χ3v) is 3.75. The molecule has 0 heterocycles. The van der Waals surface area contributed by atoms with Crippen LogP contribution in [0.1, 0.15) is 19.4 Å². The van der Waals surface area contributed by atoms with Crippen LogP contribution in [0, 0.1) is 0 Å². The maximum absolute atomic E-state index is 12.1. The number of hydrogen-bond acceptors (Lipinski definition) is 2. The molecule has 1 amide bonds. The molecule has 0 fully saturated rings. The fourth-order valence-corrected chi connectivity index (χ4v) is 1.71. The van der Waals surface area contributed by atoms with Gasteiger partial charge in [0, 0.05) is 7.05 Å². The Morgan fingerprint density at radius 2 is 1.94 bits per heavy atom. The number of aliphatic hydroxyl groups excluding tert-OH is 1. The monoisotopic (exact) mass is 289 g/mol. The number of carbonyl (C=O) groups excluding carboxylic acids is 1. The van der Waals surface area contributed by atoms with Gasteiger partial charge in [0.2, 0.25) is 5.91 Å². The SMILES string of the molecule is CN(C(=O)Cc1ccc(Cl)c(Cl)c1)C(C)(C)CO. The zero-order chi connectivity index (χ0) is 13.9. The lowest BCUT2D eigenvalue weighted by atomic mass is 10.0. The molecule has 1 rings (SSSR count). The number of benzene rings is 1. The molecule has 0 aliphatic carbocycles. The van der Waals surface area contributed by atoms with Crippen LogP contribution in [-0.2, 0) is 11.2 Å². The minimum atomic E-state index is -0.576. The Bertz CT molecular complexity index is 447. The van der Waals surface area contributed by atoms with Crippen molar-refractivity contribution in [2.75, 3.05) is 13.7 Å². The molecule has 0 saturated carbocycles. The van der Waals surface area contributed by atoms with Gasteiger partial charge in [-0.15, -0.1) is 0 Å². The Balaban J connectivity index is 2.78. The van der Waals surface area contributed by atoms with E-state index in [2.05, 4.69) is 0 Å². The van der Waals surface area contributed by atoms with E-state index in [1.807, 2.05) is 0 Å². The first kappa shape index (κ1) is 15.3.